The van der Waals surface area contributed by atoms with Crippen molar-refractivity contribution >= 4 is 22.5 Å². The van der Waals surface area contributed by atoms with Gasteiger partial charge in [-0.15, -0.1) is 0 Å². The number of fused-ring (bicyclic) bond motifs is 1. The summed E-state index contributed by atoms with van der Waals surface area (Å²) in [7, 11) is 0. The molecule has 37 heavy (non-hydrogen) atoms. The Hall–Kier alpha value is -4.56. The van der Waals surface area contributed by atoms with Gasteiger partial charge in [0.1, 0.15) is 5.75 Å². The second-order valence-electron chi connectivity index (χ2n) is 9.30. The van der Waals surface area contributed by atoms with Gasteiger partial charge in [-0.1, -0.05) is 18.2 Å². The maximum Gasteiger partial charge on any atom is 0.276 e. The third-order valence-corrected chi connectivity index (χ3v) is 6.47. The molecule has 1 amide bonds. The first-order valence-corrected chi connectivity index (χ1v) is 12.3. The molecule has 0 bridgehead atoms. The van der Waals surface area contributed by atoms with Crippen LogP contribution < -0.4 is 10.1 Å². The van der Waals surface area contributed by atoms with E-state index < -0.39 is 0 Å². The van der Waals surface area contributed by atoms with Crippen LogP contribution in [0.25, 0.3) is 22.0 Å². The van der Waals surface area contributed by atoms with Gasteiger partial charge in [0.2, 0.25) is 5.88 Å². The number of ether oxygens (including phenoxy) is 1. The highest BCUT2D eigenvalue weighted by atomic mass is 16.5. The number of carbonyl (C=O) groups excluding carboxylic acids is 1. The van der Waals surface area contributed by atoms with Gasteiger partial charge >= 0.3 is 0 Å². The normalized spacial score (nSPS) is 13.3. The Bertz CT molecular complexity index is 1570. The Morgan fingerprint density at radius 3 is 2.73 bits per heavy atom. The van der Waals surface area contributed by atoms with Crippen molar-refractivity contribution in [2.75, 3.05) is 18.4 Å². The molecule has 4 heterocycles. The van der Waals surface area contributed by atoms with Gasteiger partial charge in [-0.2, -0.15) is 5.10 Å². The van der Waals surface area contributed by atoms with Crippen LogP contribution in [-0.4, -0.2) is 44.1 Å². The van der Waals surface area contributed by atoms with Gasteiger partial charge in [0.25, 0.3) is 5.91 Å². The molecule has 1 aliphatic heterocycles. The molecular weight excluding hydrogens is 464 g/mol. The lowest BCUT2D eigenvalue weighted by Gasteiger charge is -2.30. The highest BCUT2D eigenvalue weighted by Crippen LogP contribution is 2.27. The molecule has 0 atom stereocenters. The lowest BCUT2D eigenvalue weighted by Crippen LogP contribution is -2.36. The number of anilines is 1. The van der Waals surface area contributed by atoms with Crippen molar-refractivity contribution < 1.29 is 9.53 Å². The zero-order valence-electron chi connectivity index (χ0n) is 20.4. The quantitative estimate of drug-likeness (QED) is 0.309. The van der Waals surface area contributed by atoms with Crippen molar-refractivity contribution in [1.29, 1.82) is 0 Å². The summed E-state index contributed by atoms with van der Waals surface area (Å²) in [6.45, 7) is 5.19. The summed E-state index contributed by atoms with van der Waals surface area (Å²) in [5.41, 5.74) is 5.95. The summed E-state index contributed by atoms with van der Waals surface area (Å²) < 4.78 is 5.79. The predicted molar refractivity (Wildman–Crippen MR) is 143 cm³/mol. The van der Waals surface area contributed by atoms with Crippen LogP contribution in [0, 0.1) is 6.92 Å². The van der Waals surface area contributed by atoms with Crippen molar-refractivity contribution in [3.05, 3.63) is 96.1 Å². The molecule has 3 aromatic heterocycles. The van der Waals surface area contributed by atoms with Gasteiger partial charge in [-0.05, 0) is 79.5 Å². The number of benzene rings is 2. The Balaban J connectivity index is 1.19. The summed E-state index contributed by atoms with van der Waals surface area (Å²) >= 11 is 0. The minimum atomic E-state index is -0.317. The molecule has 2 aromatic carbocycles. The molecule has 5 aromatic rings. The van der Waals surface area contributed by atoms with Crippen LogP contribution in [0.4, 0.5) is 5.69 Å². The lowest BCUT2D eigenvalue weighted by atomic mass is 10.0. The average molecular weight is 491 g/mol. The third kappa shape index (κ3) is 5.05. The molecule has 0 radical (unpaired) electrons. The van der Waals surface area contributed by atoms with Crippen LogP contribution in [0.3, 0.4) is 0 Å². The van der Waals surface area contributed by atoms with E-state index in [0.717, 1.165) is 47.2 Å². The number of hydrogen-bond donors (Lipinski definition) is 2. The number of carbonyl (C=O) groups is 1. The fourth-order valence-electron chi connectivity index (χ4n) is 4.40. The van der Waals surface area contributed by atoms with Gasteiger partial charge in [0.05, 0.1) is 17.4 Å². The van der Waals surface area contributed by atoms with E-state index in [9.17, 15) is 4.79 Å². The van der Waals surface area contributed by atoms with Crippen molar-refractivity contribution in [2.24, 2.45) is 0 Å². The number of rotatable bonds is 7. The molecule has 0 aliphatic carbocycles. The summed E-state index contributed by atoms with van der Waals surface area (Å²) in [6.07, 6.45) is 6.60. The van der Waals surface area contributed by atoms with Crippen LogP contribution >= 0.6 is 0 Å². The van der Waals surface area contributed by atoms with E-state index in [0.29, 0.717) is 23.0 Å². The minimum absolute atomic E-state index is 0.317. The Morgan fingerprint density at radius 1 is 1.03 bits per heavy atom. The largest absolute Gasteiger partial charge is 0.439 e. The molecule has 1 aliphatic rings. The summed E-state index contributed by atoms with van der Waals surface area (Å²) in [5, 5.41) is 10.9. The Kier molecular flexibility index (Phi) is 6.08. The Morgan fingerprint density at radius 2 is 1.95 bits per heavy atom. The van der Waals surface area contributed by atoms with Crippen LogP contribution in [0.1, 0.15) is 28.0 Å². The van der Waals surface area contributed by atoms with Crippen LogP contribution in [0.15, 0.2) is 79.3 Å². The van der Waals surface area contributed by atoms with E-state index in [1.807, 2.05) is 61.8 Å². The van der Waals surface area contributed by atoms with E-state index in [4.69, 9.17) is 4.74 Å². The summed E-state index contributed by atoms with van der Waals surface area (Å²) in [4.78, 5) is 24.3. The molecule has 1 saturated heterocycles. The maximum atomic E-state index is 13.1. The monoisotopic (exact) mass is 490 g/mol. The molecule has 8 nitrogen and oxygen atoms in total. The number of pyridine rings is 2. The van der Waals surface area contributed by atoms with Crippen LogP contribution in [0.2, 0.25) is 0 Å². The summed E-state index contributed by atoms with van der Waals surface area (Å²) in [5.74, 6) is 0.843. The average Bonchev–Trinajstić information content (AvgIpc) is 3.31. The highest BCUT2D eigenvalue weighted by molar-refractivity contribution is 6.11. The molecule has 0 unspecified atom stereocenters. The number of H-pyrrole nitrogens is 1. The second kappa shape index (κ2) is 9.83. The number of likely N-dealkylation sites (tertiary alicyclic amines) is 1. The van der Waals surface area contributed by atoms with Crippen molar-refractivity contribution in [3.63, 3.8) is 0 Å². The highest BCUT2D eigenvalue weighted by Gasteiger charge is 2.17. The molecule has 0 spiro atoms. The molecule has 0 saturated carbocycles. The maximum absolute atomic E-state index is 13.1. The fourth-order valence-corrected chi connectivity index (χ4v) is 4.40. The van der Waals surface area contributed by atoms with Gasteiger partial charge in [0.15, 0.2) is 5.69 Å². The number of amides is 1. The molecule has 8 heteroatoms. The molecule has 2 N–H and O–H groups in total. The van der Waals surface area contributed by atoms with E-state index in [1.54, 1.807) is 18.3 Å². The minimum Gasteiger partial charge on any atom is -0.439 e. The van der Waals surface area contributed by atoms with Crippen molar-refractivity contribution in [3.8, 4) is 22.8 Å². The lowest BCUT2D eigenvalue weighted by molar-refractivity contribution is 0.102. The molecule has 6 rings (SSSR count). The molecular formula is C29H26N6O2. The first-order valence-electron chi connectivity index (χ1n) is 12.3. The van der Waals surface area contributed by atoms with E-state index in [2.05, 4.69) is 36.4 Å². The smallest absolute Gasteiger partial charge is 0.276 e. The summed E-state index contributed by atoms with van der Waals surface area (Å²) in [6, 6.07) is 19.3. The molecule has 1 fully saturated rings. The van der Waals surface area contributed by atoms with Gasteiger partial charge in [0, 0.05) is 36.0 Å². The van der Waals surface area contributed by atoms with Crippen LogP contribution in [0.5, 0.6) is 11.6 Å². The predicted octanol–water partition coefficient (Wildman–Crippen LogP) is 5.58. The SMILES string of the molecule is Cc1cccc(Oc2ccc(NC(=O)c3n[nH]c4ccc(-c5cncc(CN6CCC6)c5)cc34)cn2)c1. The van der Waals surface area contributed by atoms with Gasteiger partial charge in [-0.3, -0.25) is 19.8 Å². The van der Waals surface area contributed by atoms with Gasteiger partial charge in [-0.25, -0.2) is 4.98 Å². The first-order chi connectivity index (χ1) is 18.1. The van der Waals surface area contributed by atoms with Crippen molar-refractivity contribution in [2.45, 2.75) is 19.9 Å². The number of aryl methyl sites for hydroxylation is 1. The zero-order valence-corrected chi connectivity index (χ0v) is 20.4. The number of hydrogen-bond acceptors (Lipinski definition) is 6. The number of nitrogens with one attached hydrogen (secondary N) is 2. The van der Waals surface area contributed by atoms with Crippen molar-refractivity contribution in [1.82, 2.24) is 25.1 Å². The number of nitrogens with zero attached hydrogens (tertiary/aromatic N) is 4. The van der Waals surface area contributed by atoms with Crippen LogP contribution in [-0.2, 0) is 6.54 Å². The standard InChI is InChI=1S/C29H26N6O2/c1-19-4-2-5-24(12-19)37-27-9-7-23(17-31-27)32-29(36)28-25-14-21(6-8-26(25)33-34-28)22-13-20(15-30-16-22)18-35-10-3-11-35/h2,4-9,12-17H,3,10-11,18H2,1H3,(H,32,36)(H,33,34). The zero-order chi connectivity index (χ0) is 25.2. The van der Waals surface area contributed by atoms with E-state index in [1.165, 1.54) is 12.0 Å². The second-order valence-corrected chi connectivity index (χ2v) is 9.30. The fraction of sp³-hybridized carbons (Fsp3) is 0.172. The topological polar surface area (TPSA) is 96.0 Å². The molecule has 184 valence electrons. The third-order valence-electron chi connectivity index (χ3n) is 6.47. The van der Waals surface area contributed by atoms with E-state index in [-0.39, 0.29) is 5.91 Å². The Labute approximate surface area is 214 Å². The van der Waals surface area contributed by atoms with E-state index >= 15 is 0 Å². The first kappa shape index (κ1) is 22.9. The number of aromatic amines is 1. The van der Waals surface area contributed by atoms with Gasteiger partial charge < -0.3 is 10.1 Å². The number of aromatic nitrogens is 4.